The summed E-state index contributed by atoms with van der Waals surface area (Å²) in [5, 5.41) is 13.8. The van der Waals surface area contributed by atoms with Crippen LogP contribution in [-0.2, 0) is 25.5 Å². The monoisotopic (exact) mass is 356 g/mol. The fourth-order valence-electron chi connectivity index (χ4n) is 3.06. The summed E-state index contributed by atoms with van der Waals surface area (Å²) in [5.74, 6) is -1.82. The molecule has 1 aliphatic heterocycles. The Hall–Kier alpha value is -2.93. The normalized spacial score (nSPS) is 17.1. The molecule has 2 N–H and O–H groups in total. The van der Waals surface area contributed by atoms with E-state index in [-0.39, 0.29) is 32.0 Å². The van der Waals surface area contributed by atoms with E-state index in [2.05, 4.69) is 5.32 Å². The Labute approximate surface area is 150 Å². The molecule has 7 heteroatoms. The summed E-state index contributed by atoms with van der Waals surface area (Å²) >= 11 is 0. The number of morpholine rings is 1. The third kappa shape index (κ3) is 4.00. The molecule has 3 rings (SSSR count). The van der Waals surface area contributed by atoms with E-state index in [1.54, 1.807) is 0 Å². The van der Waals surface area contributed by atoms with Gasteiger partial charge in [0.15, 0.2) is 6.04 Å². The molecule has 0 aromatic heterocycles. The number of benzene rings is 2. The minimum atomic E-state index is -1.11. The Kier molecular flexibility index (Phi) is 5.48. The quantitative estimate of drug-likeness (QED) is 0.827. The molecule has 1 saturated heterocycles. The second-order valence-corrected chi connectivity index (χ2v) is 6.11. The number of ether oxygens (including phenoxy) is 1. The second-order valence-electron chi connectivity index (χ2n) is 6.11. The number of hydrogen-bond acceptors (Lipinski definition) is 4. The van der Waals surface area contributed by atoms with Gasteiger partial charge in [-0.2, -0.15) is 0 Å². The van der Waals surface area contributed by atoms with E-state index in [9.17, 15) is 14.4 Å². The van der Waals surface area contributed by atoms with Gasteiger partial charge >= 0.3 is 5.97 Å². The maximum absolute atomic E-state index is 12.3. The predicted octanol–water partition coefficient (Wildman–Crippen LogP) is 0.810. The average Bonchev–Trinajstić information content (AvgIpc) is 2.66. The summed E-state index contributed by atoms with van der Waals surface area (Å²) in [7, 11) is 0. The third-order valence-corrected chi connectivity index (χ3v) is 4.40. The van der Waals surface area contributed by atoms with E-state index in [0.717, 1.165) is 16.3 Å². The number of nitrogens with zero attached hydrogens (tertiary/aromatic N) is 1. The maximum Gasteiger partial charge on any atom is 0.328 e. The molecule has 2 aromatic carbocycles. The van der Waals surface area contributed by atoms with Gasteiger partial charge in [-0.15, -0.1) is 0 Å². The molecule has 1 heterocycles. The van der Waals surface area contributed by atoms with Gasteiger partial charge < -0.3 is 20.1 Å². The maximum atomic E-state index is 12.3. The van der Waals surface area contributed by atoms with Crippen molar-refractivity contribution in [2.24, 2.45) is 0 Å². The number of nitrogens with one attached hydrogen (secondary N) is 1. The van der Waals surface area contributed by atoms with E-state index in [0.29, 0.717) is 6.61 Å². The van der Waals surface area contributed by atoms with Crippen molar-refractivity contribution in [3.05, 3.63) is 48.0 Å². The van der Waals surface area contributed by atoms with Crippen LogP contribution < -0.4 is 5.32 Å². The summed E-state index contributed by atoms with van der Waals surface area (Å²) in [4.78, 5) is 37.0. The smallest absolute Gasteiger partial charge is 0.328 e. The standard InChI is InChI=1S/C19H20N2O5/c22-17(10-14-6-3-5-13-4-1-2-7-15(13)14)20-11-18(23)21-8-9-26-12-16(21)19(24)25/h1-7,16H,8-12H2,(H,20,22)(H,24,25). The summed E-state index contributed by atoms with van der Waals surface area (Å²) in [5.41, 5.74) is 0.878. The summed E-state index contributed by atoms with van der Waals surface area (Å²) in [6.45, 7) is 0.229. The number of carboxylic acid groups (broad SMARTS) is 1. The third-order valence-electron chi connectivity index (χ3n) is 4.40. The first-order chi connectivity index (χ1) is 12.6. The van der Waals surface area contributed by atoms with Crippen molar-refractivity contribution in [1.29, 1.82) is 0 Å². The van der Waals surface area contributed by atoms with Crippen LogP contribution in [-0.4, -0.2) is 60.1 Å². The van der Waals surface area contributed by atoms with Gasteiger partial charge in [-0.3, -0.25) is 9.59 Å². The molecule has 0 saturated carbocycles. The number of carbonyl (C=O) groups is 3. The van der Waals surface area contributed by atoms with Crippen molar-refractivity contribution in [3.8, 4) is 0 Å². The highest BCUT2D eigenvalue weighted by atomic mass is 16.5. The first kappa shape index (κ1) is 17.9. The molecule has 0 aliphatic carbocycles. The largest absolute Gasteiger partial charge is 0.480 e. The van der Waals surface area contributed by atoms with Crippen molar-refractivity contribution in [2.45, 2.75) is 12.5 Å². The molecule has 2 amide bonds. The van der Waals surface area contributed by atoms with Crippen LogP contribution in [0.2, 0.25) is 0 Å². The lowest BCUT2D eigenvalue weighted by Crippen LogP contribution is -2.55. The zero-order chi connectivity index (χ0) is 18.5. The highest BCUT2D eigenvalue weighted by Crippen LogP contribution is 2.18. The van der Waals surface area contributed by atoms with Gasteiger partial charge in [0.1, 0.15) is 0 Å². The fraction of sp³-hybridized carbons (Fsp3) is 0.316. The number of fused-ring (bicyclic) bond motifs is 1. The first-order valence-electron chi connectivity index (χ1n) is 8.39. The number of carboxylic acids is 1. The molecule has 26 heavy (non-hydrogen) atoms. The van der Waals surface area contributed by atoms with Gasteiger partial charge in [0.25, 0.3) is 0 Å². The lowest BCUT2D eigenvalue weighted by atomic mass is 10.0. The summed E-state index contributed by atoms with van der Waals surface area (Å²) < 4.78 is 5.11. The molecule has 2 aromatic rings. The molecule has 7 nitrogen and oxygen atoms in total. The van der Waals surface area contributed by atoms with Crippen LogP contribution in [0.5, 0.6) is 0 Å². The Bertz CT molecular complexity index is 830. The number of amides is 2. The van der Waals surface area contributed by atoms with E-state index in [1.807, 2.05) is 42.5 Å². The Balaban J connectivity index is 1.60. The molecule has 1 atom stereocenters. The lowest BCUT2D eigenvalue weighted by molar-refractivity contribution is -0.157. The van der Waals surface area contributed by atoms with E-state index in [4.69, 9.17) is 9.84 Å². The molecule has 1 fully saturated rings. The van der Waals surface area contributed by atoms with Gasteiger partial charge in [-0.1, -0.05) is 42.5 Å². The second kappa shape index (κ2) is 7.97. The highest BCUT2D eigenvalue weighted by Gasteiger charge is 2.32. The zero-order valence-corrected chi connectivity index (χ0v) is 14.2. The van der Waals surface area contributed by atoms with Gasteiger partial charge in [0.2, 0.25) is 11.8 Å². The minimum absolute atomic E-state index is 0.0367. The van der Waals surface area contributed by atoms with Crippen LogP contribution in [0.15, 0.2) is 42.5 Å². The zero-order valence-electron chi connectivity index (χ0n) is 14.2. The molecular weight excluding hydrogens is 336 g/mol. The van der Waals surface area contributed by atoms with Crippen molar-refractivity contribution in [1.82, 2.24) is 10.2 Å². The van der Waals surface area contributed by atoms with Crippen LogP contribution in [0.25, 0.3) is 10.8 Å². The van der Waals surface area contributed by atoms with Crippen LogP contribution in [0, 0.1) is 0 Å². The lowest BCUT2D eigenvalue weighted by Gasteiger charge is -2.32. The van der Waals surface area contributed by atoms with E-state index < -0.39 is 17.9 Å². The Morgan fingerprint density at radius 3 is 2.73 bits per heavy atom. The van der Waals surface area contributed by atoms with Gasteiger partial charge in [0.05, 0.1) is 26.2 Å². The van der Waals surface area contributed by atoms with Crippen LogP contribution in [0.1, 0.15) is 5.56 Å². The van der Waals surface area contributed by atoms with Crippen molar-refractivity contribution >= 4 is 28.6 Å². The Morgan fingerprint density at radius 1 is 1.15 bits per heavy atom. The number of aliphatic carboxylic acids is 1. The fourth-order valence-corrected chi connectivity index (χ4v) is 3.06. The number of rotatable bonds is 5. The van der Waals surface area contributed by atoms with Crippen LogP contribution >= 0.6 is 0 Å². The predicted molar refractivity (Wildman–Crippen MR) is 94.6 cm³/mol. The van der Waals surface area contributed by atoms with Gasteiger partial charge in [-0.05, 0) is 16.3 Å². The molecule has 0 bridgehead atoms. The van der Waals surface area contributed by atoms with Gasteiger partial charge in [0, 0.05) is 6.54 Å². The van der Waals surface area contributed by atoms with Crippen molar-refractivity contribution < 1.29 is 24.2 Å². The molecular formula is C19H20N2O5. The van der Waals surface area contributed by atoms with Gasteiger partial charge in [-0.25, -0.2) is 4.79 Å². The number of carbonyl (C=O) groups excluding carboxylic acids is 2. The molecule has 136 valence electrons. The minimum Gasteiger partial charge on any atom is -0.480 e. The molecule has 1 unspecified atom stereocenters. The Morgan fingerprint density at radius 2 is 1.92 bits per heavy atom. The average molecular weight is 356 g/mol. The van der Waals surface area contributed by atoms with Crippen LogP contribution in [0.3, 0.4) is 0 Å². The first-order valence-corrected chi connectivity index (χ1v) is 8.39. The highest BCUT2D eigenvalue weighted by molar-refractivity contribution is 5.92. The SMILES string of the molecule is O=C(Cc1cccc2ccccc12)NCC(=O)N1CCOCC1C(=O)O. The number of hydrogen-bond donors (Lipinski definition) is 2. The van der Waals surface area contributed by atoms with E-state index in [1.165, 1.54) is 4.90 Å². The summed E-state index contributed by atoms with van der Waals surface area (Å²) in [6.07, 6.45) is 0.153. The van der Waals surface area contributed by atoms with Crippen molar-refractivity contribution in [2.75, 3.05) is 26.3 Å². The van der Waals surface area contributed by atoms with Crippen LogP contribution in [0.4, 0.5) is 0 Å². The molecule has 1 aliphatic rings. The summed E-state index contributed by atoms with van der Waals surface area (Å²) in [6, 6.07) is 12.5. The molecule has 0 spiro atoms. The van der Waals surface area contributed by atoms with E-state index >= 15 is 0 Å². The topological polar surface area (TPSA) is 95.9 Å². The van der Waals surface area contributed by atoms with Crippen molar-refractivity contribution in [3.63, 3.8) is 0 Å². The molecule has 0 radical (unpaired) electrons.